The number of halogens is 1. The molecule has 1 N–H and O–H groups in total. The molecule has 2 heterocycles. The lowest BCUT2D eigenvalue weighted by Crippen LogP contribution is -2.47. The molecule has 1 aliphatic rings. The zero-order valence-electron chi connectivity index (χ0n) is 16.3. The molecule has 0 bridgehead atoms. The average molecular weight is 389 g/mol. The number of unbranched alkanes of at least 4 members (excludes halogenated alkanes) is 3. The molecule has 0 spiro atoms. The van der Waals surface area contributed by atoms with E-state index in [9.17, 15) is 4.79 Å². The van der Waals surface area contributed by atoms with Crippen LogP contribution in [0.3, 0.4) is 0 Å². The van der Waals surface area contributed by atoms with E-state index in [1.54, 1.807) is 0 Å². The predicted molar refractivity (Wildman–Crippen MR) is 113 cm³/mol. The summed E-state index contributed by atoms with van der Waals surface area (Å²) >= 11 is 6.11. The van der Waals surface area contributed by atoms with E-state index in [4.69, 9.17) is 16.6 Å². The molecule has 0 aliphatic carbocycles. The molecule has 6 heteroatoms. The van der Waals surface area contributed by atoms with Crippen molar-refractivity contribution in [3.63, 3.8) is 0 Å². The molecular formula is C21H29ClN4O. The average Bonchev–Trinajstić information content (AvgIpc) is 2.67. The quantitative estimate of drug-likeness (QED) is 0.723. The molecule has 0 radical (unpaired) electrons. The molecule has 146 valence electrons. The van der Waals surface area contributed by atoms with Gasteiger partial charge in [0.1, 0.15) is 0 Å². The molecule has 0 unspecified atom stereocenters. The van der Waals surface area contributed by atoms with Gasteiger partial charge in [-0.15, -0.1) is 0 Å². The van der Waals surface area contributed by atoms with Crippen LogP contribution in [0.1, 0.15) is 43.9 Å². The van der Waals surface area contributed by atoms with E-state index in [-0.39, 0.29) is 5.56 Å². The molecule has 1 aromatic carbocycles. The lowest BCUT2D eigenvalue weighted by molar-refractivity contribution is 0.633. The van der Waals surface area contributed by atoms with Crippen LogP contribution in [0.15, 0.2) is 29.1 Å². The fourth-order valence-corrected chi connectivity index (χ4v) is 3.80. The fourth-order valence-electron chi connectivity index (χ4n) is 3.62. The number of benzene rings is 1. The third-order valence-electron chi connectivity index (χ3n) is 5.24. The molecule has 5 nitrogen and oxygen atoms in total. The Morgan fingerprint density at radius 1 is 1.11 bits per heavy atom. The van der Waals surface area contributed by atoms with Crippen molar-refractivity contribution in [2.45, 2.75) is 46.0 Å². The van der Waals surface area contributed by atoms with Gasteiger partial charge in [-0.05, 0) is 38.0 Å². The molecular weight excluding hydrogens is 360 g/mol. The number of hydrogen-bond acceptors (Lipinski definition) is 4. The minimum Gasteiger partial charge on any atom is -0.368 e. The molecule has 1 aromatic heterocycles. The maximum absolute atomic E-state index is 12.5. The van der Waals surface area contributed by atoms with Crippen molar-refractivity contribution >= 4 is 23.2 Å². The van der Waals surface area contributed by atoms with Crippen LogP contribution in [-0.2, 0) is 6.42 Å². The number of anilines is 2. The van der Waals surface area contributed by atoms with Crippen LogP contribution < -0.4 is 15.4 Å². The number of aryl methyl sites for hydroxylation is 1. The van der Waals surface area contributed by atoms with E-state index in [2.05, 4.69) is 27.8 Å². The Bertz CT molecular complexity index is 812. The molecule has 27 heavy (non-hydrogen) atoms. The van der Waals surface area contributed by atoms with Gasteiger partial charge in [0.2, 0.25) is 5.95 Å². The highest BCUT2D eigenvalue weighted by Crippen LogP contribution is 2.22. The summed E-state index contributed by atoms with van der Waals surface area (Å²) < 4.78 is 0. The largest absolute Gasteiger partial charge is 0.368 e. The summed E-state index contributed by atoms with van der Waals surface area (Å²) in [6.07, 6.45) is 5.46. The monoisotopic (exact) mass is 388 g/mol. The molecule has 1 aliphatic heterocycles. The topological polar surface area (TPSA) is 52.2 Å². The number of nitrogens with zero attached hydrogens (tertiary/aromatic N) is 3. The smallest absolute Gasteiger partial charge is 0.255 e. The van der Waals surface area contributed by atoms with Crippen LogP contribution in [0, 0.1) is 6.92 Å². The van der Waals surface area contributed by atoms with Crippen LogP contribution >= 0.6 is 11.6 Å². The standard InChI is InChI=1S/C21H29ClN4O/c1-3-4-5-6-10-19-16(2)23-21(24-20(19)27)26-13-11-25(12-14-26)18-9-7-8-17(22)15-18/h7-9,15H,3-6,10-14H2,1-2H3,(H,23,24,27). The first kappa shape index (κ1) is 19.7. The van der Waals surface area contributed by atoms with Crippen molar-refractivity contribution in [3.8, 4) is 0 Å². The Labute approximate surface area is 166 Å². The zero-order valence-corrected chi connectivity index (χ0v) is 17.1. The Hall–Kier alpha value is -2.01. The molecule has 2 aromatic rings. The molecule has 1 fully saturated rings. The molecule has 0 atom stereocenters. The molecule has 1 saturated heterocycles. The van der Waals surface area contributed by atoms with Gasteiger partial charge in [-0.2, -0.15) is 0 Å². The first-order chi connectivity index (χ1) is 13.1. The van der Waals surface area contributed by atoms with E-state index >= 15 is 0 Å². The Morgan fingerprint density at radius 3 is 2.52 bits per heavy atom. The predicted octanol–water partition coefficient (Wildman–Crippen LogP) is 4.18. The summed E-state index contributed by atoms with van der Waals surface area (Å²) in [4.78, 5) is 24.7. The van der Waals surface area contributed by atoms with Crippen molar-refractivity contribution in [1.82, 2.24) is 9.97 Å². The highest BCUT2D eigenvalue weighted by molar-refractivity contribution is 6.30. The van der Waals surface area contributed by atoms with Gasteiger partial charge in [0.15, 0.2) is 0 Å². The van der Waals surface area contributed by atoms with Crippen molar-refractivity contribution in [1.29, 1.82) is 0 Å². The number of piperazine rings is 1. The van der Waals surface area contributed by atoms with Gasteiger partial charge in [0.05, 0.1) is 0 Å². The van der Waals surface area contributed by atoms with Crippen LogP contribution in [0.4, 0.5) is 11.6 Å². The van der Waals surface area contributed by atoms with Gasteiger partial charge >= 0.3 is 0 Å². The van der Waals surface area contributed by atoms with Gasteiger partial charge in [-0.3, -0.25) is 9.78 Å². The summed E-state index contributed by atoms with van der Waals surface area (Å²) in [7, 11) is 0. The number of H-pyrrole nitrogens is 1. The lowest BCUT2D eigenvalue weighted by Gasteiger charge is -2.36. The van der Waals surface area contributed by atoms with E-state index in [1.165, 1.54) is 19.3 Å². The van der Waals surface area contributed by atoms with Crippen molar-refractivity contribution in [3.05, 3.63) is 50.9 Å². The summed E-state index contributed by atoms with van der Waals surface area (Å²) in [5, 5.41) is 0.756. The lowest BCUT2D eigenvalue weighted by atomic mass is 10.1. The second-order valence-corrected chi connectivity index (χ2v) is 7.65. The molecule has 0 amide bonds. The third-order valence-corrected chi connectivity index (χ3v) is 5.48. The molecule has 3 rings (SSSR count). The third kappa shape index (κ3) is 5.04. The zero-order chi connectivity index (χ0) is 19.2. The summed E-state index contributed by atoms with van der Waals surface area (Å²) in [6, 6.07) is 7.95. The Balaban J connectivity index is 1.63. The van der Waals surface area contributed by atoms with Crippen LogP contribution in [-0.4, -0.2) is 36.1 Å². The number of hydrogen-bond donors (Lipinski definition) is 1. The van der Waals surface area contributed by atoms with Gasteiger partial charge in [-0.1, -0.05) is 43.9 Å². The maximum atomic E-state index is 12.5. The number of nitrogens with one attached hydrogen (secondary N) is 1. The Kier molecular flexibility index (Phi) is 6.78. The SMILES string of the molecule is CCCCCCc1c(C)nc(N2CCN(c3cccc(Cl)c3)CC2)[nH]c1=O. The second-order valence-electron chi connectivity index (χ2n) is 7.22. The minimum atomic E-state index is 0.0197. The number of aromatic amines is 1. The van der Waals surface area contributed by atoms with Crippen LogP contribution in [0.2, 0.25) is 5.02 Å². The van der Waals surface area contributed by atoms with Gasteiger partial charge in [-0.25, -0.2) is 4.98 Å². The van der Waals surface area contributed by atoms with Crippen molar-refractivity contribution in [2.75, 3.05) is 36.0 Å². The summed E-state index contributed by atoms with van der Waals surface area (Å²) in [6.45, 7) is 7.55. The van der Waals surface area contributed by atoms with Gasteiger partial charge in [0, 0.05) is 48.1 Å². The van der Waals surface area contributed by atoms with Gasteiger partial charge < -0.3 is 9.80 Å². The van der Waals surface area contributed by atoms with E-state index in [0.29, 0.717) is 5.95 Å². The maximum Gasteiger partial charge on any atom is 0.255 e. The minimum absolute atomic E-state index is 0.0197. The Morgan fingerprint density at radius 2 is 1.85 bits per heavy atom. The number of rotatable bonds is 7. The van der Waals surface area contributed by atoms with Crippen molar-refractivity contribution in [2.24, 2.45) is 0 Å². The normalized spacial score (nSPS) is 14.6. The van der Waals surface area contributed by atoms with Crippen molar-refractivity contribution < 1.29 is 0 Å². The molecule has 0 saturated carbocycles. The summed E-state index contributed by atoms with van der Waals surface area (Å²) in [5.41, 5.74) is 2.86. The van der Waals surface area contributed by atoms with Gasteiger partial charge in [0.25, 0.3) is 5.56 Å². The summed E-state index contributed by atoms with van der Waals surface area (Å²) in [5.74, 6) is 0.695. The highest BCUT2D eigenvalue weighted by atomic mass is 35.5. The van der Waals surface area contributed by atoms with Crippen LogP contribution in [0.25, 0.3) is 0 Å². The number of aromatic nitrogens is 2. The highest BCUT2D eigenvalue weighted by Gasteiger charge is 2.20. The van der Waals surface area contributed by atoms with E-state index in [1.807, 2.05) is 25.1 Å². The first-order valence-electron chi connectivity index (χ1n) is 9.93. The van der Waals surface area contributed by atoms with Crippen LogP contribution in [0.5, 0.6) is 0 Å². The second kappa shape index (κ2) is 9.27. The fraction of sp³-hybridized carbons (Fsp3) is 0.524. The van der Waals surface area contributed by atoms with E-state index in [0.717, 1.165) is 61.0 Å². The first-order valence-corrected chi connectivity index (χ1v) is 10.3. The van der Waals surface area contributed by atoms with E-state index < -0.39 is 0 Å².